The molecule has 2 aliphatic rings. The van der Waals surface area contributed by atoms with Crippen LogP contribution in [0.3, 0.4) is 0 Å². The van der Waals surface area contributed by atoms with Crippen LogP contribution in [0.25, 0.3) is 0 Å². The van der Waals surface area contributed by atoms with Crippen LogP contribution in [0.1, 0.15) is 20.3 Å². The average Bonchev–Trinajstić information content (AvgIpc) is 2.44. The Balaban J connectivity index is 2.29. The molecule has 2 unspecified atom stereocenters. The molecular weight excluding hydrogens is 136 g/mol. The second-order valence-corrected chi connectivity index (χ2v) is 3.93. The minimum absolute atomic E-state index is 0.278. The van der Waals surface area contributed by atoms with Gasteiger partial charge in [-0.1, -0.05) is 26.0 Å². The summed E-state index contributed by atoms with van der Waals surface area (Å²) in [6, 6.07) is 0. The van der Waals surface area contributed by atoms with Gasteiger partial charge in [0.1, 0.15) is 5.78 Å². The van der Waals surface area contributed by atoms with Crippen LogP contribution in [0.4, 0.5) is 0 Å². The molecule has 0 radical (unpaired) electrons. The lowest BCUT2D eigenvalue weighted by Gasteiger charge is -2.29. The van der Waals surface area contributed by atoms with Crippen LogP contribution >= 0.6 is 0 Å². The number of Topliss-reactive ketones (excluding diaryl/α,β-unsaturated/α-hetero) is 1. The fourth-order valence-corrected chi connectivity index (χ4v) is 2.34. The maximum absolute atomic E-state index is 11.5. The minimum Gasteiger partial charge on any atom is -0.299 e. The van der Waals surface area contributed by atoms with Crippen LogP contribution < -0.4 is 0 Å². The highest BCUT2D eigenvalue weighted by Gasteiger charge is 2.39. The number of allylic oxidation sites excluding steroid dienone is 2. The second-order valence-electron chi connectivity index (χ2n) is 3.93. The number of carbonyl (C=O) groups is 1. The Morgan fingerprint density at radius 3 is 2.09 bits per heavy atom. The van der Waals surface area contributed by atoms with Gasteiger partial charge in [-0.3, -0.25) is 4.79 Å². The van der Waals surface area contributed by atoms with Crippen molar-refractivity contribution >= 4 is 5.78 Å². The van der Waals surface area contributed by atoms with Crippen molar-refractivity contribution in [3.05, 3.63) is 12.2 Å². The largest absolute Gasteiger partial charge is 0.299 e. The first kappa shape index (κ1) is 7.08. The topological polar surface area (TPSA) is 17.1 Å². The Labute approximate surface area is 67.5 Å². The van der Waals surface area contributed by atoms with Crippen LogP contribution in [0.15, 0.2) is 12.2 Å². The summed E-state index contributed by atoms with van der Waals surface area (Å²) in [6.45, 7) is 4.13. The third-order valence-electron chi connectivity index (χ3n) is 3.33. The van der Waals surface area contributed by atoms with E-state index in [4.69, 9.17) is 0 Å². The van der Waals surface area contributed by atoms with Gasteiger partial charge in [0.25, 0.3) is 0 Å². The van der Waals surface area contributed by atoms with Crippen LogP contribution in [-0.2, 0) is 4.79 Å². The summed E-state index contributed by atoms with van der Waals surface area (Å²) in [4.78, 5) is 11.5. The highest BCUT2D eigenvalue weighted by molar-refractivity contribution is 5.85. The maximum atomic E-state index is 11.5. The highest BCUT2D eigenvalue weighted by atomic mass is 16.1. The minimum atomic E-state index is 0.278. The summed E-state index contributed by atoms with van der Waals surface area (Å²) < 4.78 is 0. The summed E-state index contributed by atoms with van der Waals surface area (Å²) in [5.41, 5.74) is 0. The van der Waals surface area contributed by atoms with E-state index in [1.54, 1.807) is 0 Å². The van der Waals surface area contributed by atoms with Gasteiger partial charge in [0.05, 0.1) is 0 Å². The van der Waals surface area contributed by atoms with E-state index in [0.717, 1.165) is 0 Å². The molecule has 0 N–H and O–H groups in total. The summed E-state index contributed by atoms with van der Waals surface area (Å²) in [7, 11) is 0. The zero-order valence-corrected chi connectivity index (χ0v) is 7.08. The fourth-order valence-electron chi connectivity index (χ4n) is 2.34. The van der Waals surface area contributed by atoms with Gasteiger partial charge in [-0.2, -0.15) is 0 Å². The Kier molecular flexibility index (Phi) is 1.41. The van der Waals surface area contributed by atoms with Gasteiger partial charge in [-0.25, -0.2) is 0 Å². The molecule has 4 atom stereocenters. The molecule has 0 aromatic heterocycles. The summed E-state index contributed by atoms with van der Waals surface area (Å²) >= 11 is 0. The van der Waals surface area contributed by atoms with Crippen molar-refractivity contribution in [2.24, 2.45) is 23.7 Å². The zero-order chi connectivity index (χ0) is 8.01. The number of ketones is 1. The van der Waals surface area contributed by atoms with Crippen molar-refractivity contribution in [2.75, 3.05) is 0 Å². The number of hydrogen-bond donors (Lipinski definition) is 0. The first-order chi connectivity index (χ1) is 5.20. The van der Waals surface area contributed by atoms with E-state index in [0.29, 0.717) is 17.6 Å². The van der Waals surface area contributed by atoms with Gasteiger partial charge >= 0.3 is 0 Å². The fraction of sp³-hybridized carbons (Fsp3) is 0.700. The van der Waals surface area contributed by atoms with Crippen molar-refractivity contribution < 1.29 is 4.79 Å². The smallest absolute Gasteiger partial charge is 0.139 e. The molecule has 0 spiro atoms. The van der Waals surface area contributed by atoms with E-state index in [1.165, 1.54) is 6.42 Å². The van der Waals surface area contributed by atoms with E-state index in [9.17, 15) is 4.79 Å². The van der Waals surface area contributed by atoms with Crippen LogP contribution in [-0.4, -0.2) is 5.78 Å². The van der Waals surface area contributed by atoms with Crippen molar-refractivity contribution in [3.63, 3.8) is 0 Å². The Bertz CT molecular complexity index is 197. The van der Waals surface area contributed by atoms with Gasteiger partial charge in [-0.05, 0) is 18.3 Å². The molecule has 2 aliphatic carbocycles. The predicted molar refractivity (Wildman–Crippen MR) is 44.1 cm³/mol. The third-order valence-corrected chi connectivity index (χ3v) is 3.33. The van der Waals surface area contributed by atoms with E-state index in [2.05, 4.69) is 26.0 Å². The van der Waals surface area contributed by atoms with Gasteiger partial charge in [0, 0.05) is 11.8 Å². The summed E-state index contributed by atoms with van der Waals surface area (Å²) in [5, 5.41) is 0. The molecule has 0 aromatic carbocycles. The second kappa shape index (κ2) is 2.20. The number of hydrogen-bond acceptors (Lipinski definition) is 1. The predicted octanol–water partition coefficient (Wildman–Crippen LogP) is 2.03. The van der Waals surface area contributed by atoms with Crippen LogP contribution in [0.2, 0.25) is 0 Å². The Morgan fingerprint density at radius 2 is 1.64 bits per heavy atom. The van der Waals surface area contributed by atoms with E-state index in [-0.39, 0.29) is 11.8 Å². The van der Waals surface area contributed by atoms with E-state index >= 15 is 0 Å². The van der Waals surface area contributed by atoms with Crippen molar-refractivity contribution in [3.8, 4) is 0 Å². The Hall–Kier alpha value is -0.590. The first-order valence-corrected chi connectivity index (χ1v) is 4.42. The lowest BCUT2D eigenvalue weighted by Crippen LogP contribution is -2.33. The zero-order valence-electron chi connectivity index (χ0n) is 7.08. The standard InChI is InChI=1S/C10H14O/c1-6-8-3-4-9(5-8)7(2)10(6)11/h3-4,6-9H,5H2,1-2H3/t6-,7+,8?,9?. The molecule has 0 heterocycles. The SMILES string of the molecule is C[C@@H]1C(=O)[C@H](C)C2C=CC1C2. The number of carbonyl (C=O) groups excluding carboxylic acids is 1. The lowest BCUT2D eigenvalue weighted by molar-refractivity contribution is -0.130. The van der Waals surface area contributed by atoms with Gasteiger partial charge in [0.15, 0.2) is 0 Å². The van der Waals surface area contributed by atoms with Gasteiger partial charge in [-0.15, -0.1) is 0 Å². The van der Waals surface area contributed by atoms with Crippen LogP contribution in [0.5, 0.6) is 0 Å². The van der Waals surface area contributed by atoms with Crippen molar-refractivity contribution in [1.82, 2.24) is 0 Å². The van der Waals surface area contributed by atoms with Crippen molar-refractivity contribution in [1.29, 1.82) is 0 Å². The number of rotatable bonds is 0. The van der Waals surface area contributed by atoms with Gasteiger partial charge < -0.3 is 0 Å². The molecule has 0 aromatic rings. The van der Waals surface area contributed by atoms with E-state index < -0.39 is 0 Å². The molecule has 1 fully saturated rings. The monoisotopic (exact) mass is 150 g/mol. The normalized spacial score (nSPS) is 48.4. The average molecular weight is 150 g/mol. The molecule has 1 saturated carbocycles. The van der Waals surface area contributed by atoms with Crippen LogP contribution in [0, 0.1) is 23.7 Å². The maximum Gasteiger partial charge on any atom is 0.139 e. The molecule has 0 amide bonds. The van der Waals surface area contributed by atoms with Gasteiger partial charge in [0.2, 0.25) is 0 Å². The molecule has 2 bridgehead atoms. The van der Waals surface area contributed by atoms with E-state index in [1.807, 2.05) is 0 Å². The Morgan fingerprint density at radius 1 is 1.18 bits per heavy atom. The molecular formula is C10H14O. The highest BCUT2D eigenvalue weighted by Crippen LogP contribution is 2.41. The summed E-state index contributed by atoms with van der Waals surface area (Å²) in [6.07, 6.45) is 5.68. The molecule has 11 heavy (non-hydrogen) atoms. The lowest BCUT2D eigenvalue weighted by atomic mass is 9.73. The quantitative estimate of drug-likeness (QED) is 0.483. The molecule has 2 rings (SSSR count). The summed E-state index contributed by atoms with van der Waals surface area (Å²) in [5.74, 6) is 2.14. The molecule has 1 heteroatoms. The first-order valence-electron chi connectivity index (χ1n) is 4.42. The van der Waals surface area contributed by atoms with Crippen molar-refractivity contribution in [2.45, 2.75) is 20.3 Å². The third kappa shape index (κ3) is 0.867. The number of fused-ring (bicyclic) bond motifs is 2. The molecule has 0 aliphatic heterocycles. The molecule has 60 valence electrons. The molecule has 1 nitrogen and oxygen atoms in total. The molecule has 0 saturated heterocycles.